The van der Waals surface area contributed by atoms with Crippen molar-refractivity contribution in [2.45, 2.75) is 32.2 Å². The molecule has 0 amide bonds. The first-order chi connectivity index (χ1) is 12.0. The van der Waals surface area contributed by atoms with Gasteiger partial charge in [-0.2, -0.15) is 0 Å². The van der Waals surface area contributed by atoms with Gasteiger partial charge < -0.3 is 4.74 Å². The van der Waals surface area contributed by atoms with Crippen LogP contribution in [-0.4, -0.2) is 23.8 Å². The van der Waals surface area contributed by atoms with Crippen molar-refractivity contribution in [3.8, 4) is 0 Å². The summed E-state index contributed by atoms with van der Waals surface area (Å²) in [6, 6.07) is 7.42. The number of methoxy groups -OCH3 is 1. The van der Waals surface area contributed by atoms with Crippen LogP contribution in [0.15, 0.2) is 35.5 Å². The largest absolute Gasteiger partial charge is 0.481 e. The molecule has 25 heavy (non-hydrogen) atoms. The number of nitrogens with zero attached hydrogens (tertiary/aromatic N) is 2. The minimum atomic E-state index is 0.0696. The number of ketones is 1. The van der Waals surface area contributed by atoms with Gasteiger partial charge in [0.05, 0.1) is 29.3 Å². The zero-order valence-electron chi connectivity index (χ0n) is 14.1. The average Bonchev–Trinajstić information content (AvgIpc) is 2.99. The molecule has 1 atom stereocenters. The number of ether oxygens (including phenoxy) is 1. The first kappa shape index (κ1) is 17.9. The van der Waals surface area contributed by atoms with Gasteiger partial charge in [-0.15, -0.1) is 0 Å². The van der Waals surface area contributed by atoms with Gasteiger partial charge in [0.25, 0.3) is 0 Å². The average molecular weight is 377 g/mol. The monoisotopic (exact) mass is 376 g/mol. The smallest absolute Gasteiger partial charge is 0.218 e. The summed E-state index contributed by atoms with van der Waals surface area (Å²) in [5.74, 6) is 0.811. The lowest BCUT2D eigenvalue weighted by molar-refractivity contribution is -0.118. The summed E-state index contributed by atoms with van der Waals surface area (Å²) < 4.78 is 5.20. The van der Waals surface area contributed by atoms with Crippen LogP contribution in [0.5, 0.6) is 0 Å². The SMILES string of the molecule is COC1=NCc2cc(CC(=O)C[C@H](C)c3ccc(Cl)c(Cl)c3)ncc21. The van der Waals surface area contributed by atoms with E-state index in [2.05, 4.69) is 9.98 Å². The third kappa shape index (κ3) is 4.02. The summed E-state index contributed by atoms with van der Waals surface area (Å²) in [5, 5.41) is 1.02. The second-order valence-electron chi connectivity index (χ2n) is 6.15. The highest BCUT2D eigenvalue weighted by atomic mass is 35.5. The minimum absolute atomic E-state index is 0.0696. The Kier molecular flexibility index (Phi) is 5.40. The normalized spacial score (nSPS) is 14.0. The Morgan fingerprint density at radius 2 is 2.08 bits per heavy atom. The quantitative estimate of drug-likeness (QED) is 0.765. The van der Waals surface area contributed by atoms with E-state index in [-0.39, 0.29) is 11.7 Å². The number of pyridine rings is 1. The number of aromatic nitrogens is 1. The van der Waals surface area contributed by atoms with Gasteiger partial charge in [-0.25, -0.2) is 4.99 Å². The number of Topliss-reactive ketones (excluding diaryl/α,β-unsaturated/α-hetero) is 1. The van der Waals surface area contributed by atoms with Crippen molar-refractivity contribution in [2.75, 3.05) is 7.11 Å². The number of rotatable bonds is 5. The van der Waals surface area contributed by atoms with Gasteiger partial charge in [0.1, 0.15) is 5.78 Å². The summed E-state index contributed by atoms with van der Waals surface area (Å²) in [5.41, 5.74) is 3.72. The van der Waals surface area contributed by atoms with Gasteiger partial charge in [-0.3, -0.25) is 9.78 Å². The van der Waals surface area contributed by atoms with Crippen molar-refractivity contribution in [2.24, 2.45) is 4.99 Å². The lowest BCUT2D eigenvalue weighted by Crippen LogP contribution is -2.10. The molecule has 4 nitrogen and oxygen atoms in total. The molecule has 1 aromatic heterocycles. The number of carbonyl (C=O) groups is 1. The Labute approximate surface area is 156 Å². The van der Waals surface area contributed by atoms with Crippen LogP contribution in [-0.2, 0) is 22.5 Å². The third-order valence-corrected chi connectivity index (χ3v) is 5.03. The number of carbonyl (C=O) groups excluding carboxylic acids is 1. The van der Waals surface area contributed by atoms with Crippen LogP contribution in [0.1, 0.15) is 41.6 Å². The number of benzene rings is 1. The van der Waals surface area contributed by atoms with Crippen molar-refractivity contribution < 1.29 is 9.53 Å². The third-order valence-electron chi connectivity index (χ3n) is 4.29. The van der Waals surface area contributed by atoms with E-state index < -0.39 is 0 Å². The van der Waals surface area contributed by atoms with Gasteiger partial charge in [0.15, 0.2) is 0 Å². The summed E-state index contributed by atoms with van der Waals surface area (Å²) in [6.45, 7) is 2.58. The summed E-state index contributed by atoms with van der Waals surface area (Å²) in [4.78, 5) is 21.1. The summed E-state index contributed by atoms with van der Waals surface area (Å²) >= 11 is 12.0. The van der Waals surface area contributed by atoms with Crippen LogP contribution in [0.2, 0.25) is 10.0 Å². The Hall–Kier alpha value is -1.91. The predicted octanol–water partition coefficient (Wildman–Crippen LogP) is 4.60. The van der Waals surface area contributed by atoms with E-state index in [1.807, 2.05) is 25.1 Å². The van der Waals surface area contributed by atoms with Crippen molar-refractivity contribution in [1.82, 2.24) is 4.98 Å². The van der Waals surface area contributed by atoms with Crippen molar-refractivity contribution in [3.05, 3.63) is 62.9 Å². The summed E-state index contributed by atoms with van der Waals surface area (Å²) in [6.07, 6.45) is 2.47. The molecule has 0 N–H and O–H groups in total. The molecule has 0 unspecified atom stereocenters. The second kappa shape index (κ2) is 7.54. The van der Waals surface area contributed by atoms with Gasteiger partial charge in [0, 0.05) is 24.7 Å². The molecule has 0 bridgehead atoms. The maximum atomic E-state index is 12.4. The first-order valence-corrected chi connectivity index (χ1v) is 8.76. The molecule has 1 aromatic carbocycles. The number of fused-ring (bicyclic) bond motifs is 1. The van der Waals surface area contributed by atoms with Gasteiger partial charge >= 0.3 is 0 Å². The summed E-state index contributed by atoms with van der Waals surface area (Å²) in [7, 11) is 1.59. The molecule has 0 aliphatic carbocycles. The second-order valence-corrected chi connectivity index (χ2v) is 6.97. The zero-order valence-corrected chi connectivity index (χ0v) is 15.6. The lowest BCUT2D eigenvalue weighted by Gasteiger charge is -2.12. The van der Waals surface area contributed by atoms with E-state index in [0.717, 1.165) is 22.4 Å². The Morgan fingerprint density at radius 1 is 1.28 bits per heavy atom. The first-order valence-electron chi connectivity index (χ1n) is 8.01. The molecular formula is C19H18Cl2N2O2. The van der Waals surface area contributed by atoms with E-state index in [9.17, 15) is 4.79 Å². The van der Waals surface area contributed by atoms with Gasteiger partial charge in [0.2, 0.25) is 5.90 Å². The molecule has 0 saturated carbocycles. The van der Waals surface area contributed by atoms with Crippen molar-refractivity contribution in [3.63, 3.8) is 0 Å². The van der Waals surface area contributed by atoms with Crippen molar-refractivity contribution in [1.29, 1.82) is 0 Å². The molecule has 0 radical (unpaired) electrons. The number of halogens is 2. The molecule has 2 heterocycles. The molecule has 3 rings (SSSR count). The molecule has 0 fully saturated rings. The number of hydrogen-bond acceptors (Lipinski definition) is 4. The Balaban J connectivity index is 1.64. The molecule has 130 valence electrons. The fourth-order valence-corrected chi connectivity index (χ4v) is 3.24. The van der Waals surface area contributed by atoms with Crippen LogP contribution in [0.25, 0.3) is 0 Å². The predicted molar refractivity (Wildman–Crippen MR) is 99.7 cm³/mol. The standard InChI is InChI=1S/C19H18Cl2N2O2/c1-11(12-3-4-17(20)18(21)7-12)5-15(24)8-14-6-13-9-23-19(25-2)16(13)10-22-14/h3-4,6-7,10-11H,5,8-9H2,1-2H3/t11-/m0/s1. The van der Waals surface area contributed by atoms with Crippen LogP contribution >= 0.6 is 23.2 Å². The molecule has 0 saturated heterocycles. The van der Waals surface area contributed by atoms with E-state index in [4.69, 9.17) is 27.9 Å². The van der Waals surface area contributed by atoms with Gasteiger partial charge in [-0.1, -0.05) is 36.2 Å². The Bertz CT molecular complexity index is 849. The lowest BCUT2D eigenvalue weighted by atomic mass is 9.94. The molecule has 6 heteroatoms. The minimum Gasteiger partial charge on any atom is -0.481 e. The highest BCUT2D eigenvalue weighted by Gasteiger charge is 2.19. The van der Waals surface area contributed by atoms with Crippen molar-refractivity contribution >= 4 is 34.9 Å². The topological polar surface area (TPSA) is 51.5 Å². The van der Waals surface area contributed by atoms with E-state index in [0.29, 0.717) is 35.3 Å². The van der Waals surface area contributed by atoms with Crippen LogP contribution in [0.4, 0.5) is 0 Å². The fourth-order valence-electron chi connectivity index (χ4n) is 2.94. The number of hydrogen-bond donors (Lipinski definition) is 0. The maximum Gasteiger partial charge on any atom is 0.218 e. The molecule has 1 aliphatic heterocycles. The van der Waals surface area contributed by atoms with Crippen LogP contribution < -0.4 is 0 Å². The molecule has 1 aliphatic rings. The highest BCUT2D eigenvalue weighted by molar-refractivity contribution is 6.42. The number of aliphatic imine (C=N–C) groups is 1. The zero-order chi connectivity index (χ0) is 18.0. The maximum absolute atomic E-state index is 12.4. The van der Waals surface area contributed by atoms with E-state index in [1.165, 1.54) is 0 Å². The Morgan fingerprint density at radius 3 is 2.80 bits per heavy atom. The van der Waals surface area contributed by atoms with Crippen LogP contribution in [0.3, 0.4) is 0 Å². The van der Waals surface area contributed by atoms with Gasteiger partial charge in [-0.05, 0) is 35.2 Å². The molecule has 2 aromatic rings. The van der Waals surface area contributed by atoms with E-state index in [1.54, 1.807) is 19.4 Å². The molecule has 0 spiro atoms. The molecular weight excluding hydrogens is 359 g/mol. The fraction of sp³-hybridized carbons (Fsp3) is 0.316. The van der Waals surface area contributed by atoms with Crippen LogP contribution in [0, 0.1) is 0 Å². The highest BCUT2D eigenvalue weighted by Crippen LogP contribution is 2.28. The van der Waals surface area contributed by atoms with E-state index >= 15 is 0 Å².